The summed E-state index contributed by atoms with van der Waals surface area (Å²) in [6.07, 6.45) is 1.56. The lowest BCUT2D eigenvalue weighted by Gasteiger charge is -2.07. The van der Waals surface area contributed by atoms with Crippen LogP contribution in [0.2, 0.25) is 0 Å². The summed E-state index contributed by atoms with van der Waals surface area (Å²) in [5, 5.41) is 15.9. The van der Waals surface area contributed by atoms with E-state index in [4.69, 9.17) is 0 Å². The molecule has 118 valence electrons. The maximum absolute atomic E-state index is 12.4. The molecule has 1 N–H and O–H groups in total. The van der Waals surface area contributed by atoms with Crippen LogP contribution in [-0.4, -0.2) is 25.7 Å². The molecule has 0 saturated heterocycles. The largest absolute Gasteiger partial charge is 0.322 e. The summed E-state index contributed by atoms with van der Waals surface area (Å²) < 4.78 is 2.39. The van der Waals surface area contributed by atoms with Crippen molar-refractivity contribution in [2.24, 2.45) is 0 Å². The van der Waals surface area contributed by atoms with Gasteiger partial charge in [0.1, 0.15) is 11.3 Å². The molecule has 0 saturated carbocycles. The van der Waals surface area contributed by atoms with Gasteiger partial charge in [-0.15, -0.1) is 10.2 Å². The van der Waals surface area contributed by atoms with Crippen molar-refractivity contribution in [3.63, 3.8) is 0 Å². The molecule has 0 aliphatic rings. The van der Waals surface area contributed by atoms with Crippen LogP contribution in [0.3, 0.4) is 0 Å². The van der Waals surface area contributed by atoms with Gasteiger partial charge in [0, 0.05) is 15.7 Å². The first kappa shape index (κ1) is 15.0. The maximum Gasteiger partial charge on any atom is 0.256 e. The summed E-state index contributed by atoms with van der Waals surface area (Å²) >= 11 is 4.83. The zero-order valence-corrected chi connectivity index (χ0v) is 14.6. The Morgan fingerprint density at radius 2 is 2.04 bits per heavy atom. The Labute approximate surface area is 149 Å². The first-order chi connectivity index (χ1) is 11.7. The van der Waals surface area contributed by atoms with Gasteiger partial charge in [-0.3, -0.25) is 4.79 Å². The third-order valence-electron chi connectivity index (χ3n) is 3.37. The van der Waals surface area contributed by atoms with Crippen LogP contribution in [0.4, 0.5) is 5.69 Å². The van der Waals surface area contributed by atoms with Gasteiger partial charge < -0.3 is 5.32 Å². The number of rotatable bonds is 3. The summed E-state index contributed by atoms with van der Waals surface area (Å²) in [5.74, 6) is -0.169. The van der Waals surface area contributed by atoms with E-state index in [1.807, 2.05) is 42.5 Å². The second-order valence-electron chi connectivity index (χ2n) is 4.98. The standard InChI is InChI=1S/C16H10BrN5OS/c17-13-7-2-1-6-12(13)14(23)19-11-5-3-4-10(8-11)15-21-22-9-18-20-16(22)24-15/h1-9H,(H,19,23). The van der Waals surface area contributed by atoms with Crippen LogP contribution in [0.15, 0.2) is 59.3 Å². The van der Waals surface area contributed by atoms with Crippen molar-refractivity contribution in [3.8, 4) is 10.6 Å². The van der Waals surface area contributed by atoms with Crippen LogP contribution in [0.1, 0.15) is 10.4 Å². The second-order valence-corrected chi connectivity index (χ2v) is 6.79. The lowest BCUT2D eigenvalue weighted by molar-refractivity contribution is 0.102. The lowest BCUT2D eigenvalue weighted by atomic mass is 10.2. The molecule has 2 aromatic carbocycles. The minimum absolute atomic E-state index is 0.169. The van der Waals surface area contributed by atoms with E-state index >= 15 is 0 Å². The quantitative estimate of drug-likeness (QED) is 0.567. The Morgan fingerprint density at radius 1 is 1.17 bits per heavy atom. The number of hydrogen-bond acceptors (Lipinski definition) is 5. The van der Waals surface area contributed by atoms with Gasteiger partial charge >= 0.3 is 0 Å². The molecule has 0 fully saturated rings. The first-order valence-corrected chi connectivity index (χ1v) is 8.65. The number of anilines is 1. The molecule has 4 aromatic rings. The Morgan fingerprint density at radius 3 is 2.88 bits per heavy atom. The molecule has 2 aromatic heterocycles. The molecule has 0 aliphatic heterocycles. The van der Waals surface area contributed by atoms with Crippen LogP contribution >= 0.6 is 27.3 Å². The van der Waals surface area contributed by atoms with Crippen LogP contribution in [0.5, 0.6) is 0 Å². The van der Waals surface area contributed by atoms with Gasteiger partial charge in [0.05, 0.1) is 5.56 Å². The summed E-state index contributed by atoms with van der Waals surface area (Å²) in [5.41, 5.74) is 2.20. The van der Waals surface area contributed by atoms with Crippen molar-refractivity contribution >= 4 is 43.8 Å². The van der Waals surface area contributed by atoms with Gasteiger partial charge in [0.15, 0.2) is 0 Å². The normalized spacial score (nSPS) is 10.9. The zero-order chi connectivity index (χ0) is 16.5. The SMILES string of the molecule is O=C(Nc1cccc(-c2nn3cnnc3s2)c1)c1ccccc1Br. The fraction of sp³-hybridized carbons (Fsp3) is 0. The number of fused-ring (bicyclic) bond motifs is 1. The van der Waals surface area contributed by atoms with Crippen molar-refractivity contribution < 1.29 is 4.79 Å². The number of carbonyl (C=O) groups is 1. The molecule has 6 nitrogen and oxygen atoms in total. The topological polar surface area (TPSA) is 72.2 Å². The van der Waals surface area contributed by atoms with Crippen LogP contribution in [0.25, 0.3) is 15.5 Å². The Hall–Kier alpha value is -2.58. The van der Waals surface area contributed by atoms with Gasteiger partial charge in [-0.05, 0) is 40.2 Å². The smallest absolute Gasteiger partial charge is 0.256 e. The molecule has 1 amide bonds. The third-order valence-corrected chi connectivity index (χ3v) is 5.03. The highest BCUT2D eigenvalue weighted by Crippen LogP contribution is 2.27. The highest BCUT2D eigenvalue weighted by Gasteiger charge is 2.11. The molecule has 2 heterocycles. The van der Waals surface area contributed by atoms with E-state index in [2.05, 4.69) is 36.5 Å². The van der Waals surface area contributed by atoms with E-state index in [1.54, 1.807) is 16.9 Å². The molecule has 0 radical (unpaired) electrons. The van der Waals surface area contributed by atoms with Crippen LogP contribution in [0, 0.1) is 0 Å². The first-order valence-electron chi connectivity index (χ1n) is 7.04. The third kappa shape index (κ3) is 2.81. The van der Waals surface area contributed by atoms with Gasteiger partial charge in [-0.1, -0.05) is 35.6 Å². The molecule has 4 rings (SSSR count). The number of nitrogens with one attached hydrogen (secondary N) is 1. The predicted molar refractivity (Wildman–Crippen MR) is 96.2 cm³/mol. The van der Waals surface area contributed by atoms with Crippen LogP contribution in [-0.2, 0) is 0 Å². The predicted octanol–water partition coefficient (Wildman–Crippen LogP) is 3.87. The van der Waals surface area contributed by atoms with Gasteiger partial charge in [-0.25, -0.2) is 0 Å². The zero-order valence-electron chi connectivity index (χ0n) is 12.2. The van der Waals surface area contributed by atoms with Gasteiger partial charge in [-0.2, -0.15) is 9.61 Å². The lowest BCUT2D eigenvalue weighted by Crippen LogP contribution is -2.12. The molecule has 0 spiro atoms. The number of carbonyl (C=O) groups excluding carboxylic acids is 1. The monoisotopic (exact) mass is 399 g/mol. The van der Waals surface area contributed by atoms with Gasteiger partial charge in [0.25, 0.3) is 5.91 Å². The molecule has 24 heavy (non-hydrogen) atoms. The average Bonchev–Trinajstić information content (AvgIpc) is 3.17. The molecule has 0 atom stereocenters. The summed E-state index contributed by atoms with van der Waals surface area (Å²) in [6.45, 7) is 0. The van der Waals surface area contributed by atoms with Crippen molar-refractivity contribution in [1.29, 1.82) is 0 Å². The Balaban J connectivity index is 1.62. The van der Waals surface area contributed by atoms with E-state index in [0.717, 1.165) is 20.0 Å². The van der Waals surface area contributed by atoms with E-state index < -0.39 is 0 Å². The van der Waals surface area contributed by atoms with Crippen molar-refractivity contribution in [2.45, 2.75) is 0 Å². The molecule has 8 heteroatoms. The Bertz CT molecular complexity index is 1010. The van der Waals surface area contributed by atoms with Crippen molar-refractivity contribution in [2.75, 3.05) is 5.32 Å². The van der Waals surface area contributed by atoms with E-state index in [-0.39, 0.29) is 5.91 Å². The molecule has 0 aliphatic carbocycles. The highest BCUT2D eigenvalue weighted by molar-refractivity contribution is 9.10. The van der Waals surface area contributed by atoms with Crippen molar-refractivity contribution in [1.82, 2.24) is 19.8 Å². The molecular formula is C16H10BrN5OS. The summed E-state index contributed by atoms with van der Waals surface area (Å²) in [4.78, 5) is 13.1. The average molecular weight is 400 g/mol. The fourth-order valence-electron chi connectivity index (χ4n) is 2.25. The van der Waals surface area contributed by atoms with E-state index in [9.17, 15) is 4.79 Å². The number of amides is 1. The summed E-state index contributed by atoms with van der Waals surface area (Å²) in [6, 6.07) is 14.9. The van der Waals surface area contributed by atoms with E-state index in [0.29, 0.717) is 11.3 Å². The number of hydrogen-bond donors (Lipinski definition) is 1. The number of nitrogens with zero attached hydrogens (tertiary/aromatic N) is 4. The highest BCUT2D eigenvalue weighted by atomic mass is 79.9. The number of aromatic nitrogens is 4. The van der Waals surface area contributed by atoms with Crippen LogP contribution < -0.4 is 5.32 Å². The van der Waals surface area contributed by atoms with Gasteiger partial charge in [0.2, 0.25) is 4.96 Å². The summed E-state index contributed by atoms with van der Waals surface area (Å²) in [7, 11) is 0. The fourth-order valence-corrected chi connectivity index (χ4v) is 3.53. The second kappa shape index (κ2) is 6.14. The number of benzene rings is 2. The van der Waals surface area contributed by atoms with Crippen molar-refractivity contribution in [3.05, 3.63) is 64.9 Å². The minimum atomic E-state index is -0.169. The molecule has 0 unspecified atom stereocenters. The maximum atomic E-state index is 12.4. The van der Waals surface area contributed by atoms with E-state index in [1.165, 1.54) is 11.3 Å². The molecular weight excluding hydrogens is 390 g/mol. The minimum Gasteiger partial charge on any atom is -0.322 e. The Kier molecular flexibility index (Phi) is 3.83. The molecule has 0 bridgehead atoms. The number of halogens is 1.